The summed E-state index contributed by atoms with van der Waals surface area (Å²) < 4.78 is 11.1. The van der Waals surface area contributed by atoms with Crippen molar-refractivity contribution in [2.45, 2.75) is 64.8 Å². The monoisotopic (exact) mass is 427 g/mol. The van der Waals surface area contributed by atoms with Crippen LogP contribution in [0.25, 0.3) is 0 Å². The number of rotatable bonds is 7. The Morgan fingerprint density at radius 1 is 1.29 bits per heavy atom. The molecule has 2 aliphatic rings. The lowest BCUT2D eigenvalue weighted by Crippen LogP contribution is -2.42. The van der Waals surface area contributed by atoms with Crippen LogP contribution in [-0.4, -0.2) is 57.9 Å². The highest BCUT2D eigenvalue weighted by Crippen LogP contribution is 2.32. The maximum Gasteiger partial charge on any atom is 0.223 e. The van der Waals surface area contributed by atoms with Crippen LogP contribution < -0.4 is 10.1 Å². The lowest BCUT2D eigenvalue weighted by atomic mass is 9.99. The third-order valence-corrected chi connectivity index (χ3v) is 5.94. The minimum absolute atomic E-state index is 0.0560. The van der Waals surface area contributed by atoms with Crippen molar-refractivity contribution in [3.63, 3.8) is 0 Å². The van der Waals surface area contributed by atoms with E-state index in [1.165, 1.54) is 5.56 Å². The van der Waals surface area contributed by atoms with Crippen molar-refractivity contribution in [3.8, 4) is 5.75 Å². The molecule has 1 amide bonds. The number of benzene rings is 1. The fourth-order valence-corrected chi connectivity index (χ4v) is 4.42. The third-order valence-electron chi connectivity index (χ3n) is 5.94. The van der Waals surface area contributed by atoms with Crippen LogP contribution in [-0.2, 0) is 16.1 Å². The Kier molecular flexibility index (Phi) is 6.87. The number of amides is 1. The van der Waals surface area contributed by atoms with Gasteiger partial charge >= 0.3 is 0 Å². The normalized spacial score (nSPS) is 22.7. The van der Waals surface area contributed by atoms with E-state index in [0.717, 1.165) is 49.8 Å². The van der Waals surface area contributed by atoms with Gasteiger partial charge in [-0.05, 0) is 57.7 Å². The first-order valence-electron chi connectivity index (χ1n) is 11.2. The van der Waals surface area contributed by atoms with E-state index in [-0.39, 0.29) is 30.0 Å². The van der Waals surface area contributed by atoms with Crippen molar-refractivity contribution in [2.24, 2.45) is 5.92 Å². The average molecular weight is 428 g/mol. The molecule has 0 unspecified atom stereocenters. The number of hydrogen-bond donors (Lipinski definition) is 2. The highest BCUT2D eigenvalue weighted by Gasteiger charge is 2.37. The van der Waals surface area contributed by atoms with E-state index in [4.69, 9.17) is 9.47 Å². The molecule has 0 aliphatic carbocycles. The molecule has 0 spiro atoms. The topological polar surface area (TPSA) is 92.4 Å². The molecule has 1 aromatic heterocycles. The van der Waals surface area contributed by atoms with Crippen LogP contribution in [0.1, 0.15) is 56.4 Å². The molecule has 2 atom stereocenters. The molecular formula is C23H33N5O3. The fraction of sp³-hybridized carbons (Fsp3) is 0.609. The van der Waals surface area contributed by atoms with Gasteiger partial charge in [0.25, 0.3) is 0 Å². The van der Waals surface area contributed by atoms with Crippen molar-refractivity contribution < 1.29 is 14.3 Å². The van der Waals surface area contributed by atoms with Gasteiger partial charge in [0.2, 0.25) is 5.91 Å². The zero-order chi connectivity index (χ0) is 21.8. The number of hydrogen-bond acceptors (Lipinski definition) is 6. The number of aryl methyl sites for hydroxylation is 1. The predicted octanol–water partition coefficient (Wildman–Crippen LogP) is 2.76. The molecule has 0 saturated carbocycles. The Hall–Kier alpha value is -2.45. The Morgan fingerprint density at radius 3 is 2.68 bits per heavy atom. The number of nitrogens with zero attached hydrogens (tertiary/aromatic N) is 3. The fourth-order valence-electron chi connectivity index (χ4n) is 4.42. The molecule has 1 aromatic carbocycles. The molecule has 8 nitrogen and oxygen atoms in total. The number of ether oxygens (including phenoxy) is 2. The second-order valence-electron chi connectivity index (χ2n) is 8.86. The summed E-state index contributed by atoms with van der Waals surface area (Å²) in [5.41, 5.74) is 1.20. The highest BCUT2D eigenvalue weighted by atomic mass is 16.5. The summed E-state index contributed by atoms with van der Waals surface area (Å²) in [5.74, 6) is 2.68. The zero-order valence-electron chi connectivity index (χ0n) is 18.6. The maximum absolute atomic E-state index is 12.8. The molecular weight excluding hydrogens is 394 g/mol. The first kappa shape index (κ1) is 21.8. The lowest BCUT2D eigenvalue weighted by molar-refractivity contribution is -0.128. The number of H-pyrrole nitrogens is 1. The first-order valence-corrected chi connectivity index (χ1v) is 11.2. The van der Waals surface area contributed by atoms with E-state index in [0.29, 0.717) is 13.2 Å². The van der Waals surface area contributed by atoms with Crippen LogP contribution in [0.5, 0.6) is 5.75 Å². The molecule has 168 valence electrons. The van der Waals surface area contributed by atoms with Gasteiger partial charge in [-0.2, -0.15) is 5.10 Å². The van der Waals surface area contributed by atoms with E-state index in [2.05, 4.69) is 37.5 Å². The van der Waals surface area contributed by atoms with E-state index >= 15 is 0 Å². The Morgan fingerprint density at radius 2 is 2.03 bits per heavy atom. The van der Waals surface area contributed by atoms with E-state index in [1.807, 2.05) is 32.9 Å². The van der Waals surface area contributed by atoms with Crippen LogP contribution in [0, 0.1) is 12.8 Å². The van der Waals surface area contributed by atoms with Crippen molar-refractivity contribution in [1.29, 1.82) is 0 Å². The summed E-state index contributed by atoms with van der Waals surface area (Å²) in [6, 6.07) is 8.39. The largest absolute Gasteiger partial charge is 0.491 e. The number of likely N-dealkylation sites (tertiary alicyclic amines) is 1. The smallest absolute Gasteiger partial charge is 0.223 e. The predicted molar refractivity (Wildman–Crippen MR) is 117 cm³/mol. The van der Waals surface area contributed by atoms with Crippen LogP contribution >= 0.6 is 0 Å². The molecule has 3 heterocycles. The van der Waals surface area contributed by atoms with Gasteiger partial charge in [-0.1, -0.05) is 12.1 Å². The summed E-state index contributed by atoms with van der Waals surface area (Å²) in [5, 5.41) is 10.6. The van der Waals surface area contributed by atoms with E-state index in [1.54, 1.807) is 0 Å². The molecule has 2 aromatic rings. The molecule has 31 heavy (non-hydrogen) atoms. The van der Waals surface area contributed by atoms with Crippen molar-refractivity contribution in [1.82, 2.24) is 25.4 Å². The van der Waals surface area contributed by atoms with Crippen LogP contribution in [0.3, 0.4) is 0 Å². The average Bonchev–Trinajstić information content (AvgIpc) is 3.35. The highest BCUT2D eigenvalue weighted by molar-refractivity contribution is 5.79. The van der Waals surface area contributed by atoms with Gasteiger partial charge in [-0.15, -0.1) is 0 Å². The number of carbonyl (C=O) groups excluding carboxylic acids is 1. The minimum atomic E-state index is 0.0560. The molecule has 0 radical (unpaired) electrons. The van der Waals surface area contributed by atoms with E-state index < -0.39 is 0 Å². The Labute approximate surface area is 183 Å². The molecule has 2 aliphatic heterocycles. The quantitative estimate of drug-likeness (QED) is 0.706. The zero-order valence-corrected chi connectivity index (χ0v) is 18.6. The summed E-state index contributed by atoms with van der Waals surface area (Å²) in [6.07, 6.45) is 2.57. The second kappa shape index (κ2) is 9.78. The van der Waals surface area contributed by atoms with Gasteiger partial charge in [0, 0.05) is 38.3 Å². The number of aromatic amines is 1. The van der Waals surface area contributed by atoms with Crippen LogP contribution in [0.15, 0.2) is 24.3 Å². The van der Waals surface area contributed by atoms with Crippen LogP contribution in [0.4, 0.5) is 0 Å². The number of nitrogens with one attached hydrogen (secondary N) is 2. The summed E-state index contributed by atoms with van der Waals surface area (Å²) >= 11 is 0. The lowest BCUT2D eigenvalue weighted by Gasteiger charge is -2.24. The first-order chi connectivity index (χ1) is 15.0. The standard InChI is InChI=1S/C23H33N5O3/c1-15(2)31-20-6-4-17(5-7-20)13-28-14-19(12-21(28)22-24-16(3)26-27-22)25-23(29)18-8-10-30-11-9-18/h4-7,15,18-19,21H,8-14H2,1-3H3,(H,25,29)(H,24,26,27)/t19-,21-/m0/s1. The maximum atomic E-state index is 12.8. The summed E-state index contributed by atoms with van der Waals surface area (Å²) in [7, 11) is 0. The summed E-state index contributed by atoms with van der Waals surface area (Å²) in [6.45, 7) is 8.84. The molecule has 2 saturated heterocycles. The minimum Gasteiger partial charge on any atom is -0.491 e. The van der Waals surface area contributed by atoms with Gasteiger partial charge in [0.15, 0.2) is 5.82 Å². The SMILES string of the molecule is Cc1nc([C@@H]2C[C@H](NC(=O)C3CCOCC3)CN2Cc2ccc(OC(C)C)cc2)n[nH]1. The van der Waals surface area contributed by atoms with Crippen molar-refractivity contribution in [2.75, 3.05) is 19.8 Å². The van der Waals surface area contributed by atoms with Crippen molar-refractivity contribution in [3.05, 3.63) is 41.5 Å². The molecule has 2 fully saturated rings. The summed E-state index contributed by atoms with van der Waals surface area (Å²) in [4.78, 5) is 19.7. The van der Waals surface area contributed by atoms with Crippen molar-refractivity contribution >= 4 is 5.91 Å². The molecule has 8 heteroatoms. The van der Waals surface area contributed by atoms with Gasteiger partial charge < -0.3 is 14.8 Å². The van der Waals surface area contributed by atoms with Crippen LogP contribution in [0.2, 0.25) is 0 Å². The van der Waals surface area contributed by atoms with E-state index in [9.17, 15) is 4.79 Å². The van der Waals surface area contributed by atoms with Gasteiger partial charge in [0.05, 0.1) is 12.1 Å². The Bertz CT molecular complexity index is 860. The molecule has 2 N–H and O–H groups in total. The number of carbonyl (C=O) groups is 1. The van der Waals surface area contributed by atoms with Gasteiger partial charge in [0.1, 0.15) is 11.6 Å². The molecule has 0 bridgehead atoms. The molecule has 4 rings (SSSR count). The third kappa shape index (κ3) is 5.62. The van der Waals surface area contributed by atoms with Gasteiger partial charge in [-0.25, -0.2) is 4.98 Å². The van der Waals surface area contributed by atoms with Gasteiger partial charge in [-0.3, -0.25) is 14.8 Å². The second-order valence-corrected chi connectivity index (χ2v) is 8.86. The Balaban J connectivity index is 1.44. The number of aromatic nitrogens is 3.